The second-order valence-corrected chi connectivity index (χ2v) is 8.77. The Morgan fingerprint density at radius 1 is 1.29 bits per heavy atom. The lowest BCUT2D eigenvalue weighted by Gasteiger charge is -2.51. The maximum Gasteiger partial charge on any atom is 0.223 e. The molecule has 0 N–H and O–H groups in total. The largest absolute Gasteiger partial charge is 0.332 e. The van der Waals surface area contributed by atoms with Crippen LogP contribution in [0.25, 0.3) is 0 Å². The molecule has 0 aromatic heterocycles. The van der Waals surface area contributed by atoms with Gasteiger partial charge in [0.2, 0.25) is 15.9 Å². The quantitative estimate of drug-likeness (QED) is 0.739. The van der Waals surface area contributed by atoms with Gasteiger partial charge in [0.25, 0.3) is 0 Å². The lowest BCUT2D eigenvalue weighted by molar-refractivity contribution is -0.143. The van der Waals surface area contributed by atoms with Gasteiger partial charge >= 0.3 is 0 Å². The fourth-order valence-corrected chi connectivity index (χ4v) is 5.77. The second kappa shape index (κ2) is 5.39. The number of hydrogen-bond donors (Lipinski definition) is 0. The SMILES string of the molecule is C=CCN1C(=O)CCC[C@@]12CCCN(S(=O)(=O)C1CC1)C2. The molecule has 2 heterocycles. The van der Waals surface area contributed by atoms with Gasteiger partial charge in [0.15, 0.2) is 0 Å². The third-order valence-electron chi connectivity index (χ3n) is 5.04. The summed E-state index contributed by atoms with van der Waals surface area (Å²) in [5.41, 5.74) is -0.302. The van der Waals surface area contributed by atoms with Crippen molar-refractivity contribution in [3.63, 3.8) is 0 Å². The van der Waals surface area contributed by atoms with Crippen molar-refractivity contribution >= 4 is 15.9 Å². The van der Waals surface area contributed by atoms with Crippen LogP contribution in [0.1, 0.15) is 44.9 Å². The Morgan fingerprint density at radius 2 is 2.00 bits per heavy atom. The Balaban J connectivity index is 1.85. The molecule has 1 aliphatic carbocycles. The van der Waals surface area contributed by atoms with Crippen LogP contribution in [-0.4, -0.2) is 54.0 Å². The number of carbonyl (C=O) groups is 1. The molecule has 0 bridgehead atoms. The van der Waals surface area contributed by atoms with E-state index in [1.165, 1.54) is 0 Å². The summed E-state index contributed by atoms with van der Waals surface area (Å²) in [6.45, 7) is 5.36. The lowest BCUT2D eigenvalue weighted by Crippen LogP contribution is -2.63. The van der Waals surface area contributed by atoms with Crippen LogP contribution in [0.3, 0.4) is 0 Å². The number of hydrogen-bond acceptors (Lipinski definition) is 3. The summed E-state index contributed by atoms with van der Waals surface area (Å²) in [4.78, 5) is 14.2. The van der Waals surface area contributed by atoms with Crippen LogP contribution in [0.5, 0.6) is 0 Å². The monoisotopic (exact) mass is 312 g/mol. The normalized spacial score (nSPS) is 31.6. The molecule has 0 radical (unpaired) electrons. The summed E-state index contributed by atoms with van der Waals surface area (Å²) in [6, 6.07) is 0. The van der Waals surface area contributed by atoms with Gasteiger partial charge in [-0.25, -0.2) is 8.42 Å². The molecule has 3 fully saturated rings. The predicted molar refractivity (Wildman–Crippen MR) is 81.2 cm³/mol. The van der Waals surface area contributed by atoms with E-state index in [1.807, 2.05) is 4.90 Å². The molecular formula is C15H24N2O3S. The van der Waals surface area contributed by atoms with Crippen molar-refractivity contribution in [2.45, 2.75) is 55.7 Å². The fraction of sp³-hybridized carbons (Fsp3) is 0.800. The molecule has 0 aromatic carbocycles. The molecule has 3 aliphatic rings. The summed E-state index contributed by atoms with van der Waals surface area (Å²) >= 11 is 0. The number of amides is 1. The topological polar surface area (TPSA) is 57.7 Å². The van der Waals surface area contributed by atoms with Gasteiger partial charge in [0.05, 0.1) is 10.8 Å². The first-order chi connectivity index (χ1) is 9.99. The van der Waals surface area contributed by atoms with Crippen LogP contribution >= 0.6 is 0 Å². The van der Waals surface area contributed by atoms with E-state index in [4.69, 9.17) is 0 Å². The number of carbonyl (C=O) groups excluding carboxylic acids is 1. The average Bonchev–Trinajstić information content (AvgIpc) is 3.28. The highest BCUT2D eigenvalue weighted by Gasteiger charge is 2.49. The van der Waals surface area contributed by atoms with Gasteiger partial charge in [-0.3, -0.25) is 4.79 Å². The Morgan fingerprint density at radius 3 is 2.67 bits per heavy atom. The third kappa shape index (κ3) is 2.63. The second-order valence-electron chi connectivity index (χ2n) is 6.55. The van der Waals surface area contributed by atoms with Crippen molar-refractivity contribution in [2.24, 2.45) is 0 Å². The number of nitrogens with zero attached hydrogens (tertiary/aromatic N) is 2. The number of rotatable bonds is 4. The number of sulfonamides is 1. The summed E-state index contributed by atoms with van der Waals surface area (Å²) in [7, 11) is -3.15. The molecule has 0 unspecified atom stereocenters. The standard InChI is InChI=1S/C15H24N2O3S/c1-2-10-17-14(18)5-3-8-15(17)9-4-11-16(12-15)21(19,20)13-6-7-13/h2,13H,1,3-12H2/t15-/m0/s1. The van der Waals surface area contributed by atoms with Gasteiger partial charge in [0.1, 0.15) is 0 Å². The summed E-state index contributed by atoms with van der Waals surface area (Å²) in [5.74, 6) is 0.145. The molecule has 1 saturated carbocycles. The van der Waals surface area contributed by atoms with E-state index < -0.39 is 10.0 Å². The molecule has 3 rings (SSSR count). The van der Waals surface area contributed by atoms with E-state index >= 15 is 0 Å². The first-order valence-electron chi connectivity index (χ1n) is 7.90. The van der Waals surface area contributed by atoms with E-state index in [1.54, 1.807) is 10.4 Å². The molecule has 1 amide bonds. The molecule has 118 valence electrons. The van der Waals surface area contributed by atoms with Crippen LogP contribution in [0.4, 0.5) is 0 Å². The van der Waals surface area contributed by atoms with Gasteiger partial charge in [-0.05, 0) is 38.5 Å². The predicted octanol–water partition coefficient (Wildman–Crippen LogP) is 1.51. The minimum absolute atomic E-state index is 0.145. The molecule has 0 aromatic rings. The Hall–Kier alpha value is -0.880. The van der Waals surface area contributed by atoms with Gasteiger partial charge < -0.3 is 4.90 Å². The molecule has 2 saturated heterocycles. The minimum atomic E-state index is -3.15. The van der Waals surface area contributed by atoms with E-state index in [9.17, 15) is 13.2 Å². The third-order valence-corrected chi connectivity index (χ3v) is 7.39. The molecule has 2 aliphatic heterocycles. The van der Waals surface area contributed by atoms with Crippen molar-refractivity contribution in [3.05, 3.63) is 12.7 Å². The van der Waals surface area contributed by atoms with Gasteiger partial charge in [-0.1, -0.05) is 6.08 Å². The number of piperidine rings is 2. The van der Waals surface area contributed by atoms with Gasteiger partial charge in [0, 0.05) is 26.1 Å². The molecule has 1 spiro atoms. The smallest absolute Gasteiger partial charge is 0.223 e. The molecular weight excluding hydrogens is 288 g/mol. The maximum absolute atomic E-state index is 12.5. The van der Waals surface area contributed by atoms with Crippen LogP contribution in [0, 0.1) is 0 Å². The van der Waals surface area contributed by atoms with Crippen molar-refractivity contribution in [1.82, 2.24) is 9.21 Å². The van der Waals surface area contributed by atoms with Crippen molar-refractivity contribution < 1.29 is 13.2 Å². The highest BCUT2D eigenvalue weighted by atomic mass is 32.2. The Labute approximate surface area is 127 Å². The summed E-state index contributed by atoms with van der Waals surface area (Å²) < 4.78 is 26.7. The lowest BCUT2D eigenvalue weighted by atomic mass is 9.80. The van der Waals surface area contributed by atoms with E-state index in [-0.39, 0.29) is 16.7 Å². The van der Waals surface area contributed by atoms with Crippen molar-refractivity contribution in [1.29, 1.82) is 0 Å². The van der Waals surface area contributed by atoms with Crippen molar-refractivity contribution in [2.75, 3.05) is 19.6 Å². The summed E-state index contributed by atoms with van der Waals surface area (Å²) in [6.07, 6.45) is 7.43. The zero-order valence-corrected chi connectivity index (χ0v) is 13.3. The molecule has 21 heavy (non-hydrogen) atoms. The van der Waals surface area contributed by atoms with Crippen LogP contribution in [-0.2, 0) is 14.8 Å². The average molecular weight is 312 g/mol. The maximum atomic E-state index is 12.5. The minimum Gasteiger partial charge on any atom is -0.332 e. The summed E-state index contributed by atoms with van der Waals surface area (Å²) in [5, 5.41) is -0.167. The molecule has 6 heteroatoms. The van der Waals surface area contributed by atoms with Crippen LogP contribution in [0.2, 0.25) is 0 Å². The Bertz CT molecular complexity index is 537. The first-order valence-corrected chi connectivity index (χ1v) is 9.40. The molecule has 1 atom stereocenters. The van der Waals surface area contributed by atoms with E-state index in [0.29, 0.717) is 26.1 Å². The fourth-order valence-electron chi connectivity index (χ4n) is 3.82. The van der Waals surface area contributed by atoms with Crippen LogP contribution in [0.15, 0.2) is 12.7 Å². The number of likely N-dealkylation sites (tertiary alicyclic amines) is 1. The highest BCUT2D eigenvalue weighted by molar-refractivity contribution is 7.90. The highest BCUT2D eigenvalue weighted by Crippen LogP contribution is 2.40. The van der Waals surface area contributed by atoms with Crippen LogP contribution < -0.4 is 0 Å². The zero-order chi connectivity index (χ0) is 15.1. The van der Waals surface area contributed by atoms with E-state index in [2.05, 4.69) is 6.58 Å². The molecule has 5 nitrogen and oxygen atoms in total. The zero-order valence-electron chi connectivity index (χ0n) is 12.5. The van der Waals surface area contributed by atoms with Gasteiger partial charge in [-0.15, -0.1) is 6.58 Å². The first kappa shape index (κ1) is 15.0. The van der Waals surface area contributed by atoms with E-state index in [0.717, 1.165) is 38.5 Å². The van der Waals surface area contributed by atoms with Gasteiger partial charge in [-0.2, -0.15) is 4.31 Å². The Kier molecular flexibility index (Phi) is 3.86. The van der Waals surface area contributed by atoms with Crippen molar-refractivity contribution in [3.8, 4) is 0 Å².